The van der Waals surface area contributed by atoms with Crippen molar-refractivity contribution >= 4 is 35.8 Å². The van der Waals surface area contributed by atoms with Gasteiger partial charge in [0.05, 0.1) is 25.1 Å². The number of rotatable bonds is 9. The van der Waals surface area contributed by atoms with E-state index in [1.54, 1.807) is 13.4 Å². The molecule has 0 atom stereocenters. The minimum absolute atomic E-state index is 0. The largest absolute Gasteiger partial charge is 0.469 e. The van der Waals surface area contributed by atoms with Crippen molar-refractivity contribution < 1.29 is 9.15 Å². The number of hydrogen-bond acceptors (Lipinski definition) is 5. The van der Waals surface area contributed by atoms with E-state index in [9.17, 15) is 0 Å². The highest BCUT2D eigenvalue weighted by molar-refractivity contribution is 14.0. The fraction of sp³-hybridized carbons (Fsp3) is 0.444. The summed E-state index contributed by atoms with van der Waals surface area (Å²) in [6.45, 7) is 2.55. The third kappa shape index (κ3) is 8.05. The average Bonchev–Trinajstić information content (AvgIpc) is 3.13. The monoisotopic (exact) mass is 473 g/mol. The normalized spacial score (nSPS) is 11.0. The van der Waals surface area contributed by atoms with Crippen LogP contribution in [0.5, 0.6) is 0 Å². The number of pyridine rings is 1. The van der Waals surface area contributed by atoms with Crippen LogP contribution in [0.4, 0.5) is 5.82 Å². The number of nitrogens with one attached hydrogen (secondary N) is 2. The highest BCUT2D eigenvalue weighted by Gasteiger charge is 2.02. The van der Waals surface area contributed by atoms with Crippen LogP contribution in [0.25, 0.3) is 0 Å². The van der Waals surface area contributed by atoms with Crippen LogP contribution in [-0.2, 0) is 17.7 Å². The molecular weight excluding hydrogens is 445 g/mol. The first-order chi connectivity index (χ1) is 12.2. The molecule has 2 aromatic rings. The van der Waals surface area contributed by atoms with Crippen molar-refractivity contribution in [3.8, 4) is 0 Å². The van der Waals surface area contributed by atoms with E-state index in [2.05, 4.69) is 20.6 Å². The number of ether oxygens (including phenoxy) is 1. The molecule has 0 unspecified atom stereocenters. The lowest BCUT2D eigenvalue weighted by molar-refractivity contribution is 0.203. The van der Waals surface area contributed by atoms with E-state index in [-0.39, 0.29) is 24.0 Å². The van der Waals surface area contributed by atoms with Crippen molar-refractivity contribution in [1.82, 2.24) is 15.6 Å². The highest BCUT2D eigenvalue weighted by Crippen LogP contribution is 2.08. The molecule has 144 valence electrons. The molecule has 2 N–H and O–H groups in total. The molecule has 7 nitrogen and oxygen atoms in total. The zero-order chi connectivity index (χ0) is 17.9. The van der Waals surface area contributed by atoms with Gasteiger partial charge in [-0.1, -0.05) is 6.07 Å². The van der Waals surface area contributed by atoms with E-state index >= 15 is 0 Å². The Kier molecular flexibility index (Phi) is 10.7. The predicted octanol–water partition coefficient (Wildman–Crippen LogP) is 2.28. The van der Waals surface area contributed by atoms with Gasteiger partial charge in [-0.25, -0.2) is 9.98 Å². The van der Waals surface area contributed by atoms with Crippen molar-refractivity contribution in [1.29, 1.82) is 0 Å². The van der Waals surface area contributed by atoms with Crippen LogP contribution in [0.2, 0.25) is 0 Å². The summed E-state index contributed by atoms with van der Waals surface area (Å²) in [6.07, 6.45) is 2.48. The van der Waals surface area contributed by atoms with Crippen LogP contribution < -0.4 is 15.5 Å². The van der Waals surface area contributed by atoms with Gasteiger partial charge in [0, 0.05) is 40.7 Å². The first-order valence-corrected chi connectivity index (χ1v) is 8.36. The zero-order valence-electron chi connectivity index (χ0n) is 15.6. The number of nitrogens with zero attached hydrogens (tertiary/aromatic N) is 3. The Balaban J connectivity index is 0.00000338. The second-order valence-corrected chi connectivity index (χ2v) is 5.72. The van der Waals surface area contributed by atoms with E-state index in [1.807, 2.05) is 49.3 Å². The van der Waals surface area contributed by atoms with Gasteiger partial charge < -0.3 is 24.7 Å². The van der Waals surface area contributed by atoms with Crippen LogP contribution in [0, 0.1) is 0 Å². The van der Waals surface area contributed by atoms with Gasteiger partial charge in [0.15, 0.2) is 5.96 Å². The van der Waals surface area contributed by atoms with Gasteiger partial charge in [-0.3, -0.25) is 0 Å². The molecule has 2 aromatic heterocycles. The molecule has 0 amide bonds. The van der Waals surface area contributed by atoms with E-state index in [4.69, 9.17) is 9.15 Å². The number of methoxy groups -OCH3 is 1. The van der Waals surface area contributed by atoms with Crippen LogP contribution in [0.1, 0.15) is 11.5 Å². The van der Waals surface area contributed by atoms with Crippen LogP contribution >= 0.6 is 24.0 Å². The van der Waals surface area contributed by atoms with E-state index < -0.39 is 0 Å². The molecule has 0 spiro atoms. The minimum Gasteiger partial charge on any atom is -0.469 e. The van der Waals surface area contributed by atoms with Crippen molar-refractivity contribution in [3.05, 3.63) is 48.0 Å². The maximum absolute atomic E-state index is 5.34. The number of furan rings is 1. The average molecular weight is 473 g/mol. The Labute approximate surface area is 172 Å². The van der Waals surface area contributed by atoms with Gasteiger partial charge >= 0.3 is 0 Å². The topological polar surface area (TPSA) is 74.9 Å². The molecule has 0 fully saturated rings. The molecule has 26 heavy (non-hydrogen) atoms. The van der Waals surface area contributed by atoms with Crippen LogP contribution in [0.15, 0.2) is 46.0 Å². The van der Waals surface area contributed by atoms with E-state index in [0.717, 1.165) is 36.2 Å². The summed E-state index contributed by atoms with van der Waals surface area (Å²) in [5, 5.41) is 6.56. The molecule has 0 radical (unpaired) electrons. The van der Waals surface area contributed by atoms with Crippen molar-refractivity contribution in [2.24, 2.45) is 4.99 Å². The Bertz CT molecular complexity index is 647. The summed E-state index contributed by atoms with van der Waals surface area (Å²) in [7, 11) is 5.63. The summed E-state index contributed by atoms with van der Waals surface area (Å²) in [5.41, 5.74) is 0.921. The molecule has 8 heteroatoms. The van der Waals surface area contributed by atoms with Crippen molar-refractivity contribution in [2.45, 2.75) is 13.0 Å². The van der Waals surface area contributed by atoms with Gasteiger partial charge in [0.1, 0.15) is 11.6 Å². The van der Waals surface area contributed by atoms with Gasteiger partial charge in [-0.2, -0.15) is 0 Å². The minimum atomic E-state index is 0. The molecule has 0 aliphatic carbocycles. The lowest BCUT2D eigenvalue weighted by atomic mass is 10.3. The molecule has 0 aromatic carbocycles. The predicted molar refractivity (Wildman–Crippen MR) is 115 cm³/mol. The molecule has 2 rings (SSSR count). The maximum Gasteiger partial charge on any atom is 0.191 e. The quantitative estimate of drug-likeness (QED) is 0.252. The number of aliphatic imine (C=N–C) groups is 1. The summed E-state index contributed by atoms with van der Waals surface area (Å²) in [4.78, 5) is 11.2. The summed E-state index contributed by atoms with van der Waals surface area (Å²) >= 11 is 0. The number of halogens is 1. The number of guanidine groups is 1. The Morgan fingerprint density at radius 3 is 2.69 bits per heavy atom. The SMILES string of the molecule is COCCNC(=NCc1cccc(N(C)C)n1)NCCc1ccco1.I. The first kappa shape index (κ1) is 22.2. The van der Waals surface area contributed by atoms with Crippen LogP contribution in [0.3, 0.4) is 0 Å². The van der Waals surface area contributed by atoms with Gasteiger partial charge in [-0.15, -0.1) is 24.0 Å². The second kappa shape index (κ2) is 12.5. The smallest absolute Gasteiger partial charge is 0.191 e. The molecule has 0 aliphatic heterocycles. The summed E-state index contributed by atoms with van der Waals surface area (Å²) in [6, 6.07) is 9.81. The van der Waals surface area contributed by atoms with E-state index in [0.29, 0.717) is 19.7 Å². The Morgan fingerprint density at radius 1 is 1.19 bits per heavy atom. The molecular formula is C18H28IN5O2. The first-order valence-electron chi connectivity index (χ1n) is 8.36. The lowest BCUT2D eigenvalue weighted by Crippen LogP contribution is -2.40. The fourth-order valence-corrected chi connectivity index (χ4v) is 2.17. The summed E-state index contributed by atoms with van der Waals surface area (Å²) in [5.74, 6) is 2.61. The van der Waals surface area contributed by atoms with Crippen molar-refractivity contribution in [2.75, 3.05) is 45.8 Å². The summed E-state index contributed by atoms with van der Waals surface area (Å²) < 4.78 is 10.4. The van der Waals surface area contributed by atoms with Crippen LogP contribution in [-0.4, -0.2) is 51.8 Å². The van der Waals surface area contributed by atoms with E-state index in [1.165, 1.54) is 0 Å². The molecule has 0 aliphatic rings. The fourth-order valence-electron chi connectivity index (χ4n) is 2.17. The Morgan fingerprint density at radius 2 is 2.00 bits per heavy atom. The molecule has 2 heterocycles. The lowest BCUT2D eigenvalue weighted by Gasteiger charge is -2.13. The van der Waals surface area contributed by atoms with Gasteiger partial charge in [-0.05, 0) is 24.3 Å². The molecule has 0 saturated carbocycles. The second-order valence-electron chi connectivity index (χ2n) is 5.72. The number of hydrogen-bond donors (Lipinski definition) is 2. The third-order valence-corrected chi connectivity index (χ3v) is 3.49. The Hall–Kier alpha value is -1.81. The van der Waals surface area contributed by atoms with Gasteiger partial charge in [0.25, 0.3) is 0 Å². The molecule has 0 bridgehead atoms. The van der Waals surface area contributed by atoms with Gasteiger partial charge in [0.2, 0.25) is 0 Å². The number of aromatic nitrogens is 1. The highest BCUT2D eigenvalue weighted by atomic mass is 127. The van der Waals surface area contributed by atoms with Crippen molar-refractivity contribution in [3.63, 3.8) is 0 Å². The maximum atomic E-state index is 5.34. The number of anilines is 1. The third-order valence-electron chi connectivity index (χ3n) is 3.49. The standard InChI is InChI=1S/C18H27N5O2.HI/c1-23(2)17-8-4-6-15(22-17)14-21-18(20-11-13-24-3)19-10-9-16-7-5-12-25-16;/h4-8,12H,9-11,13-14H2,1-3H3,(H2,19,20,21);1H. The molecule has 0 saturated heterocycles. The zero-order valence-corrected chi connectivity index (χ0v) is 17.9.